The lowest BCUT2D eigenvalue weighted by Crippen LogP contribution is -2.34. The number of rotatable bonds is 4. The lowest BCUT2D eigenvalue weighted by molar-refractivity contribution is -0.111. The molecule has 2 atom stereocenters. The molecule has 1 aromatic rings. The highest BCUT2D eigenvalue weighted by molar-refractivity contribution is 6.18. The van der Waals surface area contributed by atoms with Gasteiger partial charge in [-0.15, -0.1) is 11.6 Å². The predicted molar refractivity (Wildman–Crippen MR) is 70.5 cm³/mol. The van der Waals surface area contributed by atoms with E-state index in [0.29, 0.717) is 5.88 Å². The maximum absolute atomic E-state index is 10.8. The van der Waals surface area contributed by atoms with Crippen molar-refractivity contribution in [3.05, 3.63) is 30.3 Å². The van der Waals surface area contributed by atoms with Crippen molar-refractivity contribution in [2.24, 2.45) is 0 Å². The first-order valence-corrected chi connectivity index (χ1v) is 6.36. The summed E-state index contributed by atoms with van der Waals surface area (Å²) in [6.07, 6.45) is 0.986. The quantitative estimate of drug-likeness (QED) is 0.605. The van der Waals surface area contributed by atoms with E-state index in [1.165, 1.54) is 5.69 Å². The topological polar surface area (TPSA) is 23.6 Å². The van der Waals surface area contributed by atoms with Crippen LogP contribution in [0.25, 0.3) is 0 Å². The Morgan fingerprint density at radius 1 is 1.47 bits per heavy atom. The summed E-state index contributed by atoms with van der Waals surface area (Å²) in [6.45, 7) is 3.53. The van der Waals surface area contributed by atoms with Crippen LogP contribution >= 0.6 is 11.6 Å². The highest BCUT2D eigenvalue weighted by atomic mass is 35.5. The number of halogens is 1. The van der Waals surface area contributed by atoms with Crippen LogP contribution in [0, 0.1) is 0 Å². The molecule has 17 heavy (non-hydrogen) atoms. The second kappa shape index (κ2) is 5.52. The smallest absolute Gasteiger partial charge is 0.136 e. The van der Waals surface area contributed by atoms with Gasteiger partial charge in [-0.2, -0.15) is 0 Å². The maximum atomic E-state index is 10.8. The summed E-state index contributed by atoms with van der Waals surface area (Å²) < 4.78 is 0. The minimum atomic E-state index is -0.0468. The van der Waals surface area contributed by atoms with Crippen molar-refractivity contribution in [1.29, 1.82) is 0 Å². The average molecular weight is 253 g/mol. The molecule has 0 saturated carbocycles. The van der Waals surface area contributed by atoms with Crippen LogP contribution in [0.15, 0.2) is 30.3 Å². The van der Waals surface area contributed by atoms with Crippen LogP contribution in [0.5, 0.6) is 0 Å². The van der Waals surface area contributed by atoms with E-state index in [0.717, 1.165) is 19.5 Å². The number of alkyl halides is 1. The molecule has 1 saturated heterocycles. The molecular formula is C13H17ClN2O. The minimum absolute atomic E-state index is 0.0468. The first kappa shape index (κ1) is 12.4. The van der Waals surface area contributed by atoms with E-state index in [9.17, 15) is 4.79 Å². The Balaban J connectivity index is 2.15. The average Bonchev–Trinajstić information content (AvgIpc) is 2.83. The number of para-hydroxylation sites is 1. The summed E-state index contributed by atoms with van der Waals surface area (Å²) >= 11 is 6.01. The Morgan fingerprint density at radius 2 is 2.18 bits per heavy atom. The molecule has 0 N–H and O–H groups in total. The molecule has 0 aromatic heterocycles. The van der Waals surface area contributed by atoms with Crippen molar-refractivity contribution in [3.8, 4) is 0 Å². The van der Waals surface area contributed by atoms with E-state index in [4.69, 9.17) is 11.6 Å². The molecule has 1 aliphatic heterocycles. The van der Waals surface area contributed by atoms with E-state index >= 15 is 0 Å². The van der Waals surface area contributed by atoms with Crippen LogP contribution in [-0.4, -0.2) is 42.4 Å². The van der Waals surface area contributed by atoms with Crippen molar-refractivity contribution in [2.45, 2.75) is 19.0 Å². The van der Waals surface area contributed by atoms with Gasteiger partial charge in [0, 0.05) is 18.1 Å². The fourth-order valence-corrected chi connectivity index (χ4v) is 2.43. The second-order valence-electron chi connectivity index (χ2n) is 4.40. The highest BCUT2D eigenvalue weighted by Gasteiger charge is 2.32. The van der Waals surface area contributed by atoms with E-state index < -0.39 is 0 Å². The normalized spacial score (nSPS) is 22.7. The van der Waals surface area contributed by atoms with Gasteiger partial charge in [-0.25, -0.2) is 0 Å². The summed E-state index contributed by atoms with van der Waals surface area (Å²) in [5.41, 5.74) is 1.17. The largest absolute Gasteiger partial charge is 0.353 e. The van der Waals surface area contributed by atoms with Gasteiger partial charge in [0.15, 0.2) is 0 Å². The van der Waals surface area contributed by atoms with Crippen molar-refractivity contribution in [2.75, 3.05) is 24.0 Å². The summed E-state index contributed by atoms with van der Waals surface area (Å²) in [5, 5.41) is 0. The van der Waals surface area contributed by atoms with Crippen LogP contribution in [0.1, 0.15) is 6.92 Å². The molecular weight excluding hydrogens is 236 g/mol. The first-order valence-electron chi connectivity index (χ1n) is 5.83. The molecule has 2 rings (SSSR count). The molecule has 1 heterocycles. The van der Waals surface area contributed by atoms with E-state index in [1.807, 2.05) is 25.1 Å². The Kier molecular flexibility index (Phi) is 4.02. The third kappa shape index (κ3) is 2.61. The number of carbonyl (C=O) groups excluding carboxylic acids is 1. The van der Waals surface area contributed by atoms with Gasteiger partial charge < -0.3 is 9.69 Å². The maximum Gasteiger partial charge on any atom is 0.136 e. The van der Waals surface area contributed by atoms with Gasteiger partial charge in [-0.1, -0.05) is 18.2 Å². The number of benzene rings is 1. The van der Waals surface area contributed by atoms with Crippen LogP contribution in [0.2, 0.25) is 0 Å². The Bertz CT molecular complexity index is 371. The summed E-state index contributed by atoms with van der Waals surface area (Å²) in [7, 11) is 0. The molecule has 1 aliphatic rings. The van der Waals surface area contributed by atoms with Gasteiger partial charge in [0.25, 0.3) is 0 Å². The fourth-order valence-electron chi connectivity index (χ4n) is 2.16. The Labute approximate surface area is 107 Å². The molecule has 1 aromatic carbocycles. The van der Waals surface area contributed by atoms with Crippen molar-refractivity contribution >= 4 is 23.6 Å². The Hall–Kier alpha value is -1.06. The minimum Gasteiger partial charge on any atom is -0.353 e. The third-order valence-electron chi connectivity index (χ3n) is 3.26. The van der Waals surface area contributed by atoms with E-state index in [2.05, 4.69) is 21.9 Å². The highest BCUT2D eigenvalue weighted by Crippen LogP contribution is 2.24. The van der Waals surface area contributed by atoms with Crippen LogP contribution < -0.4 is 4.90 Å². The SMILES string of the molecule is CC(C=O)N1CC(CCl)N(c2ccccc2)C1. The number of hydrogen-bond acceptors (Lipinski definition) is 3. The summed E-state index contributed by atoms with van der Waals surface area (Å²) in [6, 6.07) is 10.4. The second-order valence-corrected chi connectivity index (χ2v) is 4.71. The molecule has 2 unspecified atom stereocenters. The van der Waals surface area contributed by atoms with Crippen LogP contribution in [0.3, 0.4) is 0 Å². The number of nitrogens with zero attached hydrogens (tertiary/aromatic N) is 2. The van der Waals surface area contributed by atoms with Gasteiger partial charge in [0.1, 0.15) is 6.29 Å². The van der Waals surface area contributed by atoms with Gasteiger partial charge in [-0.3, -0.25) is 4.90 Å². The van der Waals surface area contributed by atoms with Gasteiger partial charge in [0.2, 0.25) is 0 Å². The third-order valence-corrected chi connectivity index (χ3v) is 3.62. The van der Waals surface area contributed by atoms with Crippen LogP contribution in [-0.2, 0) is 4.79 Å². The molecule has 0 bridgehead atoms. The van der Waals surface area contributed by atoms with E-state index in [1.54, 1.807) is 0 Å². The molecule has 3 nitrogen and oxygen atoms in total. The lowest BCUT2D eigenvalue weighted by Gasteiger charge is -2.24. The standard InChI is InChI=1S/C13H17ClN2O/c1-11(9-17)15-8-13(7-14)16(10-15)12-5-3-2-4-6-12/h2-6,9,11,13H,7-8,10H2,1H3. The Morgan fingerprint density at radius 3 is 2.76 bits per heavy atom. The zero-order valence-corrected chi connectivity index (χ0v) is 10.7. The molecule has 92 valence electrons. The van der Waals surface area contributed by atoms with Crippen molar-refractivity contribution in [3.63, 3.8) is 0 Å². The molecule has 0 aliphatic carbocycles. The molecule has 0 spiro atoms. The number of hydrogen-bond donors (Lipinski definition) is 0. The summed E-state index contributed by atoms with van der Waals surface area (Å²) in [5.74, 6) is 0.580. The number of aldehydes is 1. The summed E-state index contributed by atoms with van der Waals surface area (Å²) in [4.78, 5) is 15.2. The van der Waals surface area contributed by atoms with Gasteiger partial charge in [-0.05, 0) is 19.1 Å². The lowest BCUT2D eigenvalue weighted by atomic mass is 10.2. The number of anilines is 1. The van der Waals surface area contributed by atoms with E-state index in [-0.39, 0.29) is 12.1 Å². The molecule has 4 heteroatoms. The van der Waals surface area contributed by atoms with Gasteiger partial charge in [0.05, 0.1) is 18.8 Å². The molecule has 0 radical (unpaired) electrons. The number of carbonyl (C=O) groups is 1. The van der Waals surface area contributed by atoms with Crippen LogP contribution in [0.4, 0.5) is 5.69 Å². The zero-order chi connectivity index (χ0) is 12.3. The first-order chi connectivity index (χ1) is 8.26. The zero-order valence-electron chi connectivity index (χ0n) is 9.92. The van der Waals surface area contributed by atoms with Gasteiger partial charge >= 0.3 is 0 Å². The molecule has 0 amide bonds. The fraction of sp³-hybridized carbons (Fsp3) is 0.462. The van der Waals surface area contributed by atoms with Crippen molar-refractivity contribution < 1.29 is 4.79 Å². The van der Waals surface area contributed by atoms with Crippen molar-refractivity contribution in [1.82, 2.24) is 4.90 Å². The molecule has 1 fully saturated rings. The predicted octanol–water partition coefficient (Wildman–Crippen LogP) is 1.96. The monoisotopic (exact) mass is 252 g/mol.